The van der Waals surface area contributed by atoms with E-state index in [4.69, 9.17) is 0 Å². The minimum Gasteiger partial charge on any atom is -0.393 e. The second-order valence-electron chi connectivity index (χ2n) is 9.38. The molecule has 3 aromatic rings. The van der Waals surface area contributed by atoms with Crippen molar-refractivity contribution in [3.8, 4) is 6.07 Å². The van der Waals surface area contributed by atoms with Crippen molar-refractivity contribution < 1.29 is 8.78 Å². The lowest BCUT2D eigenvalue weighted by molar-refractivity contribution is 0.318. The van der Waals surface area contributed by atoms with E-state index in [-0.39, 0.29) is 11.1 Å². The number of benzene rings is 2. The molecule has 194 valence electrons. The van der Waals surface area contributed by atoms with Crippen LogP contribution in [0.5, 0.6) is 0 Å². The van der Waals surface area contributed by atoms with Crippen LogP contribution in [-0.4, -0.2) is 49.4 Å². The van der Waals surface area contributed by atoms with Crippen LogP contribution in [0.1, 0.15) is 29.7 Å². The van der Waals surface area contributed by atoms with E-state index in [9.17, 15) is 18.8 Å². The summed E-state index contributed by atoms with van der Waals surface area (Å²) >= 11 is 0. The summed E-state index contributed by atoms with van der Waals surface area (Å²) in [6.07, 6.45) is 1.97. The molecule has 1 atom stereocenters. The van der Waals surface area contributed by atoms with Crippen molar-refractivity contribution in [1.82, 2.24) is 14.8 Å². The van der Waals surface area contributed by atoms with Crippen molar-refractivity contribution >= 4 is 22.3 Å². The van der Waals surface area contributed by atoms with E-state index >= 15 is 0 Å². The number of aryl methyl sites for hydroxylation is 1. The normalized spacial score (nSPS) is 15.0. The zero-order chi connectivity index (χ0) is 26.7. The monoisotopic (exact) mass is 506 g/mol. The highest BCUT2D eigenvalue weighted by Crippen LogP contribution is 2.31. The Kier molecular flexibility index (Phi) is 7.67. The van der Waals surface area contributed by atoms with Gasteiger partial charge in [-0.2, -0.15) is 5.26 Å². The Bertz CT molecular complexity index is 1430. The van der Waals surface area contributed by atoms with Crippen molar-refractivity contribution in [1.29, 1.82) is 5.26 Å². The molecule has 0 bridgehead atoms. The van der Waals surface area contributed by atoms with Crippen LogP contribution < -0.4 is 21.1 Å². The highest BCUT2D eigenvalue weighted by Gasteiger charge is 2.23. The lowest BCUT2D eigenvalue weighted by Gasteiger charge is -2.38. The third-order valence-corrected chi connectivity index (χ3v) is 6.93. The Morgan fingerprint density at radius 1 is 1.16 bits per heavy atom. The Labute approximate surface area is 215 Å². The number of nitriles is 1. The largest absolute Gasteiger partial charge is 0.393 e. The number of alkyl halides is 1. The molecule has 0 radical (unpaired) electrons. The summed E-state index contributed by atoms with van der Waals surface area (Å²) in [6.45, 7) is 6.25. The summed E-state index contributed by atoms with van der Waals surface area (Å²) < 4.78 is 29.8. The first-order valence-electron chi connectivity index (χ1n) is 12.3. The molecule has 9 heteroatoms. The summed E-state index contributed by atoms with van der Waals surface area (Å²) in [4.78, 5) is 17.9. The van der Waals surface area contributed by atoms with Crippen LogP contribution in [0.3, 0.4) is 0 Å². The first-order chi connectivity index (χ1) is 17.8. The fourth-order valence-corrected chi connectivity index (χ4v) is 4.98. The van der Waals surface area contributed by atoms with Crippen LogP contribution in [0.4, 0.5) is 20.3 Å². The maximum atomic E-state index is 14.5. The number of fused-ring (bicyclic) bond motifs is 1. The van der Waals surface area contributed by atoms with Gasteiger partial charge in [-0.25, -0.2) is 8.78 Å². The van der Waals surface area contributed by atoms with Gasteiger partial charge in [0.05, 0.1) is 17.3 Å². The number of hydrogen-bond acceptors (Lipinski definition) is 6. The Morgan fingerprint density at radius 2 is 1.89 bits per heavy atom. The minimum atomic E-state index is -0.828. The highest BCUT2D eigenvalue weighted by molar-refractivity contribution is 5.89. The topological polar surface area (TPSA) is 76.3 Å². The number of halogens is 2. The van der Waals surface area contributed by atoms with Gasteiger partial charge in [-0.05, 0) is 60.7 Å². The number of nitrogens with one attached hydrogen (secondary N) is 2. The molecular formula is C28H32F2N6O. The number of pyridine rings is 1. The number of aromatic nitrogens is 1. The molecule has 0 aliphatic carbocycles. The van der Waals surface area contributed by atoms with Crippen LogP contribution in [-0.2, 0) is 7.05 Å². The molecule has 1 aliphatic rings. The van der Waals surface area contributed by atoms with Gasteiger partial charge in [0.2, 0.25) is 0 Å². The standard InChI is InChI=1S/C28H32F2N6O/c1-18-11-23(26(15-29)33-25-6-5-21(30)13-20(25)16-31)22-14-27(34(4)28(37)24(22)12-18)36-9-7-35(8-10-36)19(2)17-32-3/h5-6,11-14,17,26,32-33H,7-10,15H2,1-4H3/b19-17+/t26-/m1/s1. The van der Waals surface area contributed by atoms with Crippen LogP contribution in [0.15, 0.2) is 53.1 Å². The number of anilines is 2. The smallest absolute Gasteiger partial charge is 0.259 e. The van der Waals surface area contributed by atoms with Gasteiger partial charge in [-0.1, -0.05) is 6.07 Å². The van der Waals surface area contributed by atoms with E-state index in [0.717, 1.165) is 49.3 Å². The number of nitrogens with zero attached hydrogens (tertiary/aromatic N) is 4. The van der Waals surface area contributed by atoms with E-state index in [1.54, 1.807) is 11.6 Å². The van der Waals surface area contributed by atoms with Crippen molar-refractivity contribution in [2.45, 2.75) is 19.9 Å². The van der Waals surface area contributed by atoms with Crippen LogP contribution in [0, 0.1) is 24.1 Å². The molecular weight excluding hydrogens is 474 g/mol. The third-order valence-electron chi connectivity index (χ3n) is 6.93. The first kappa shape index (κ1) is 26.0. The Morgan fingerprint density at radius 3 is 2.54 bits per heavy atom. The average Bonchev–Trinajstić information content (AvgIpc) is 2.90. The predicted octanol–water partition coefficient (Wildman–Crippen LogP) is 4.18. The molecule has 7 nitrogen and oxygen atoms in total. The van der Waals surface area contributed by atoms with Gasteiger partial charge >= 0.3 is 0 Å². The third kappa shape index (κ3) is 5.24. The first-order valence-corrected chi connectivity index (χ1v) is 12.3. The van der Waals surface area contributed by atoms with Crippen molar-refractivity contribution in [3.05, 3.63) is 81.2 Å². The lowest BCUT2D eigenvalue weighted by Crippen LogP contribution is -2.47. The Hall–Kier alpha value is -4.06. The number of piperazine rings is 1. The lowest BCUT2D eigenvalue weighted by atomic mass is 9.96. The SMILES string of the molecule is CN/C=C(\C)N1CCN(c2cc3c([C@@H](CF)Nc4ccc(F)cc4C#N)cc(C)cc3c(=O)n2C)CC1. The predicted molar refractivity (Wildman–Crippen MR) is 144 cm³/mol. The quantitative estimate of drug-likeness (QED) is 0.501. The van der Waals surface area contributed by atoms with Crippen molar-refractivity contribution in [3.63, 3.8) is 0 Å². The summed E-state index contributed by atoms with van der Waals surface area (Å²) in [7, 11) is 3.64. The highest BCUT2D eigenvalue weighted by atomic mass is 19.1. The van der Waals surface area contributed by atoms with E-state index in [1.807, 2.05) is 44.4 Å². The van der Waals surface area contributed by atoms with Gasteiger partial charge in [0.1, 0.15) is 24.4 Å². The van der Waals surface area contributed by atoms with Gasteiger partial charge in [-0.3, -0.25) is 9.36 Å². The fourth-order valence-electron chi connectivity index (χ4n) is 4.98. The second kappa shape index (κ2) is 10.9. The molecule has 0 unspecified atom stereocenters. The molecule has 0 amide bonds. The van der Waals surface area contributed by atoms with Gasteiger partial charge in [-0.15, -0.1) is 0 Å². The molecule has 0 spiro atoms. The summed E-state index contributed by atoms with van der Waals surface area (Å²) in [5, 5.41) is 16.7. The minimum absolute atomic E-state index is 0.0903. The van der Waals surface area contributed by atoms with Crippen molar-refractivity contribution in [2.24, 2.45) is 7.05 Å². The number of rotatable bonds is 7. The molecule has 2 aromatic carbocycles. The van der Waals surface area contributed by atoms with Gasteiger partial charge in [0.25, 0.3) is 5.56 Å². The fraction of sp³-hybridized carbons (Fsp3) is 0.357. The molecule has 37 heavy (non-hydrogen) atoms. The van der Waals surface area contributed by atoms with Crippen LogP contribution in [0.25, 0.3) is 10.8 Å². The molecule has 1 fully saturated rings. The van der Waals surface area contributed by atoms with Crippen molar-refractivity contribution in [2.75, 3.05) is 50.1 Å². The van der Waals surface area contributed by atoms with Gasteiger partial charge in [0.15, 0.2) is 0 Å². The zero-order valence-electron chi connectivity index (χ0n) is 21.6. The van der Waals surface area contributed by atoms with Crippen LogP contribution in [0.2, 0.25) is 0 Å². The maximum absolute atomic E-state index is 14.5. The van der Waals surface area contributed by atoms with E-state index < -0.39 is 18.5 Å². The molecule has 1 aromatic heterocycles. The number of hydrogen-bond donors (Lipinski definition) is 2. The summed E-state index contributed by atoms with van der Waals surface area (Å²) in [5.41, 5.74) is 2.88. The van der Waals surface area contributed by atoms with Crippen LogP contribution >= 0.6 is 0 Å². The molecule has 2 heterocycles. The molecule has 1 aliphatic heterocycles. The van der Waals surface area contributed by atoms with E-state index in [0.29, 0.717) is 22.0 Å². The van der Waals surface area contributed by atoms with E-state index in [2.05, 4.69) is 27.4 Å². The zero-order valence-corrected chi connectivity index (χ0v) is 21.6. The summed E-state index contributed by atoms with van der Waals surface area (Å²) in [6, 6.07) is 10.6. The average molecular weight is 507 g/mol. The maximum Gasteiger partial charge on any atom is 0.259 e. The van der Waals surface area contributed by atoms with Gasteiger partial charge in [0, 0.05) is 57.6 Å². The number of allylic oxidation sites excluding steroid dienone is 1. The summed E-state index contributed by atoms with van der Waals surface area (Å²) in [5.74, 6) is 0.236. The second-order valence-corrected chi connectivity index (χ2v) is 9.38. The Balaban J connectivity index is 1.75. The molecule has 2 N–H and O–H groups in total. The van der Waals surface area contributed by atoms with Gasteiger partial charge < -0.3 is 20.4 Å². The molecule has 0 saturated carbocycles. The van der Waals surface area contributed by atoms with E-state index in [1.165, 1.54) is 12.1 Å². The molecule has 1 saturated heterocycles. The molecule has 4 rings (SSSR count).